The van der Waals surface area contributed by atoms with E-state index < -0.39 is 0 Å². The highest BCUT2D eigenvalue weighted by Gasteiger charge is 2.24. The molecule has 3 nitrogen and oxygen atoms in total. The van der Waals surface area contributed by atoms with Crippen LogP contribution in [0.1, 0.15) is 57.8 Å². The van der Waals surface area contributed by atoms with Gasteiger partial charge in [0.2, 0.25) is 0 Å². The third-order valence-corrected chi connectivity index (χ3v) is 5.37. The Bertz CT molecular complexity index is 426. The molecule has 2 unspecified atom stereocenters. The van der Waals surface area contributed by atoms with Gasteiger partial charge < -0.3 is 5.32 Å². The first kappa shape index (κ1) is 16.0. The van der Waals surface area contributed by atoms with Crippen molar-refractivity contribution in [2.24, 2.45) is 5.92 Å². The quantitative estimate of drug-likeness (QED) is 0.849. The van der Waals surface area contributed by atoms with Gasteiger partial charge >= 0.3 is 0 Å². The average molecular weight is 342 g/mol. The Morgan fingerprint density at radius 2 is 2.10 bits per heavy atom. The molecule has 0 spiro atoms. The highest BCUT2D eigenvalue weighted by atomic mass is 79.9. The second-order valence-electron chi connectivity index (χ2n) is 5.87. The van der Waals surface area contributed by atoms with Gasteiger partial charge in [-0.1, -0.05) is 20.3 Å². The van der Waals surface area contributed by atoms with Crippen molar-refractivity contribution in [3.8, 4) is 0 Å². The molecule has 1 N–H and O–H groups in total. The van der Waals surface area contributed by atoms with Crippen molar-refractivity contribution in [1.29, 1.82) is 0 Å². The molecule has 0 radical (unpaired) electrons. The third-order valence-electron chi connectivity index (χ3n) is 4.45. The molecule has 2 rings (SSSR count). The van der Waals surface area contributed by atoms with E-state index in [1.54, 1.807) is 0 Å². The fourth-order valence-electron chi connectivity index (χ4n) is 3.44. The van der Waals surface area contributed by atoms with Gasteiger partial charge in [0.15, 0.2) is 0 Å². The molecule has 0 saturated heterocycles. The van der Waals surface area contributed by atoms with Crippen LogP contribution >= 0.6 is 15.9 Å². The minimum absolute atomic E-state index is 0.723. The number of nitrogens with zero attached hydrogens (tertiary/aromatic N) is 2. The van der Waals surface area contributed by atoms with Gasteiger partial charge in [-0.25, -0.2) is 0 Å². The zero-order valence-corrected chi connectivity index (χ0v) is 14.7. The van der Waals surface area contributed by atoms with Gasteiger partial charge in [-0.3, -0.25) is 4.68 Å². The summed E-state index contributed by atoms with van der Waals surface area (Å²) in [6.45, 7) is 8.63. The minimum atomic E-state index is 0.723. The van der Waals surface area contributed by atoms with Crippen LogP contribution in [0.4, 0.5) is 0 Å². The van der Waals surface area contributed by atoms with Crippen LogP contribution < -0.4 is 5.32 Å². The van der Waals surface area contributed by atoms with Crippen LogP contribution in [0.2, 0.25) is 0 Å². The number of halogens is 1. The Hall–Kier alpha value is -0.350. The normalized spacial score (nSPS) is 23.2. The summed E-state index contributed by atoms with van der Waals surface area (Å²) in [7, 11) is 0. The molecule has 1 fully saturated rings. The SMILES string of the molecule is CCNC1CCCC(Cc2c(Br)c(CC)nn2CC)C1. The summed E-state index contributed by atoms with van der Waals surface area (Å²) >= 11 is 3.78. The molecule has 0 amide bonds. The van der Waals surface area contributed by atoms with Crippen LogP contribution in [0, 0.1) is 5.92 Å². The summed E-state index contributed by atoms with van der Waals surface area (Å²) in [6, 6.07) is 0.723. The van der Waals surface area contributed by atoms with Crippen LogP contribution in [0.5, 0.6) is 0 Å². The van der Waals surface area contributed by atoms with Gasteiger partial charge in [-0.15, -0.1) is 0 Å². The van der Waals surface area contributed by atoms with Crippen molar-refractivity contribution in [2.45, 2.75) is 71.9 Å². The molecule has 2 atom stereocenters. The molecule has 1 aromatic heterocycles. The Morgan fingerprint density at radius 1 is 1.30 bits per heavy atom. The standard InChI is InChI=1S/C16H28BrN3/c1-4-14-16(17)15(20(6-3)19-14)11-12-8-7-9-13(10-12)18-5-2/h12-13,18H,4-11H2,1-3H3. The van der Waals surface area contributed by atoms with E-state index in [4.69, 9.17) is 5.10 Å². The van der Waals surface area contributed by atoms with Crippen LogP contribution in [-0.4, -0.2) is 22.4 Å². The average Bonchev–Trinajstić information content (AvgIpc) is 2.76. The van der Waals surface area contributed by atoms with Crippen LogP contribution in [0.25, 0.3) is 0 Å². The van der Waals surface area contributed by atoms with E-state index in [2.05, 4.69) is 46.7 Å². The summed E-state index contributed by atoms with van der Waals surface area (Å²) in [5, 5.41) is 8.35. The van der Waals surface area contributed by atoms with E-state index in [-0.39, 0.29) is 0 Å². The Labute approximate surface area is 131 Å². The van der Waals surface area contributed by atoms with Crippen molar-refractivity contribution >= 4 is 15.9 Å². The van der Waals surface area contributed by atoms with Gasteiger partial charge in [0.05, 0.1) is 15.9 Å². The van der Waals surface area contributed by atoms with Crippen molar-refractivity contribution < 1.29 is 0 Å². The Kier molecular flexibility index (Phi) is 6.09. The number of rotatable bonds is 6. The van der Waals surface area contributed by atoms with E-state index in [1.165, 1.54) is 48.0 Å². The van der Waals surface area contributed by atoms with Gasteiger partial charge in [-0.2, -0.15) is 5.10 Å². The largest absolute Gasteiger partial charge is 0.314 e. The van der Waals surface area contributed by atoms with Gasteiger partial charge in [0.1, 0.15) is 0 Å². The predicted molar refractivity (Wildman–Crippen MR) is 88.1 cm³/mol. The number of hydrogen-bond donors (Lipinski definition) is 1. The monoisotopic (exact) mass is 341 g/mol. The molecule has 1 heterocycles. The second-order valence-corrected chi connectivity index (χ2v) is 6.66. The van der Waals surface area contributed by atoms with Crippen molar-refractivity contribution in [1.82, 2.24) is 15.1 Å². The maximum Gasteiger partial charge on any atom is 0.0766 e. The lowest BCUT2D eigenvalue weighted by Crippen LogP contribution is -2.34. The molecule has 1 aliphatic rings. The minimum Gasteiger partial charge on any atom is -0.314 e. The summed E-state index contributed by atoms with van der Waals surface area (Å²) in [5.74, 6) is 0.802. The maximum absolute atomic E-state index is 4.72. The van der Waals surface area contributed by atoms with Crippen LogP contribution in [0.3, 0.4) is 0 Å². The molecule has 20 heavy (non-hydrogen) atoms. The zero-order valence-electron chi connectivity index (χ0n) is 13.1. The molecule has 0 bridgehead atoms. The van der Waals surface area contributed by atoms with Crippen molar-refractivity contribution in [2.75, 3.05) is 6.54 Å². The maximum atomic E-state index is 4.72. The zero-order chi connectivity index (χ0) is 14.5. The summed E-state index contributed by atoms with van der Waals surface area (Å²) in [5.41, 5.74) is 2.62. The van der Waals surface area contributed by atoms with Gasteiger partial charge in [-0.05, 0) is 67.4 Å². The van der Waals surface area contributed by atoms with Gasteiger partial charge in [0.25, 0.3) is 0 Å². The molecular weight excluding hydrogens is 314 g/mol. The second kappa shape index (κ2) is 7.60. The fraction of sp³-hybridized carbons (Fsp3) is 0.812. The molecule has 0 aliphatic heterocycles. The van der Waals surface area contributed by atoms with Gasteiger partial charge in [0, 0.05) is 12.6 Å². The molecular formula is C16H28BrN3. The smallest absolute Gasteiger partial charge is 0.0766 e. The molecule has 0 aromatic carbocycles. The lowest BCUT2D eigenvalue weighted by molar-refractivity contribution is 0.283. The van der Waals surface area contributed by atoms with E-state index in [0.29, 0.717) is 0 Å². The summed E-state index contributed by atoms with van der Waals surface area (Å²) in [4.78, 5) is 0. The lowest BCUT2D eigenvalue weighted by Gasteiger charge is -2.29. The van der Waals surface area contributed by atoms with Crippen molar-refractivity contribution in [3.05, 3.63) is 15.9 Å². The highest BCUT2D eigenvalue weighted by molar-refractivity contribution is 9.10. The lowest BCUT2D eigenvalue weighted by atomic mass is 9.83. The Morgan fingerprint density at radius 3 is 2.75 bits per heavy atom. The van der Waals surface area contributed by atoms with Crippen LogP contribution in [0.15, 0.2) is 4.47 Å². The molecule has 1 aromatic rings. The summed E-state index contributed by atoms with van der Waals surface area (Å²) < 4.78 is 3.45. The first-order valence-corrected chi connectivity index (χ1v) is 8.96. The number of aryl methyl sites for hydroxylation is 2. The van der Waals surface area contributed by atoms with E-state index in [1.807, 2.05) is 0 Å². The van der Waals surface area contributed by atoms with E-state index >= 15 is 0 Å². The molecule has 1 aliphatic carbocycles. The molecule has 114 valence electrons. The first-order chi connectivity index (χ1) is 9.69. The number of hydrogen-bond acceptors (Lipinski definition) is 2. The number of nitrogens with one attached hydrogen (secondary N) is 1. The summed E-state index contributed by atoms with van der Waals surface area (Å²) in [6.07, 6.45) is 7.56. The predicted octanol–water partition coefficient (Wildman–Crippen LogP) is 3.94. The first-order valence-electron chi connectivity index (χ1n) is 8.16. The highest BCUT2D eigenvalue weighted by Crippen LogP contribution is 2.31. The van der Waals surface area contributed by atoms with Crippen LogP contribution in [-0.2, 0) is 19.4 Å². The van der Waals surface area contributed by atoms with E-state index in [9.17, 15) is 0 Å². The number of aromatic nitrogens is 2. The van der Waals surface area contributed by atoms with E-state index in [0.717, 1.165) is 31.5 Å². The molecule has 1 saturated carbocycles. The topological polar surface area (TPSA) is 29.9 Å². The molecule has 4 heteroatoms. The fourth-order valence-corrected chi connectivity index (χ4v) is 4.16. The Balaban J connectivity index is 2.07. The third kappa shape index (κ3) is 3.64. The van der Waals surface area contributed by atoms with Crippen molar-refractivity contribution in [3.63, 3.8) is 0 Å².